The molecule has 3 nitrogen and oxygen atoms in total. The van der Waals surface area contributed by atoms with Crippen LogP contribution in [0.3, 0.4) is 0 Å². The van der Waals surface area contributed by atoms with Gasteiger partial charge in [-0.1, -0.05) is 0 Å². The van der Waals surface area contributed by atoms with Crippen LogP contribution in [0.15, 0.2) is 17.5 Å². The number of aryl methyl sites for hydroxylation is 1. The van der Waals surface area contributed by atoms with E-state index in [1.807, 2.05) is 0 Å². The lowest BCUT2D eigenvalue weighted by molar-refractivity contribution is 0.0699. The van der Waals surface area contributed by atoms with Crippen LogP contribution in [0.2, 0.25) is 0 Å². The number of benzene rings is 1. The Kier molecular flexibility index (Phi) is 1.93. The molecule has 0 saturated carbocycles. The molecule has 0 aliphatic carbocycles. The van der Waals surface area contributed by atoms with E-state index in [-0.39, 0.29) is 11.3 Å². The number of carbonyl (C=O) groups is 1. The molecule has 1 heterocycles. The van der Waals surface area contributed by atoms with Crippen molar-refractivity contribution in [3.63, 3.8) is 0 Å². The second kappa shape index (κ2) is 2.99. The normalized spacial score (nSPS) is 10.6. The highest BCUT2D eigenvalue weighted by molar-refractivity contribution is 7.17. The predicted molar refractivity (Wildman–Crippen MR) is 55.2 cm³/mol. The van der Waals surface area contributed by atoms with Crippen molar-refractivity contribution in [1.29, 1.82) is 0 Å². The van der Waals surface area contributed by atoms with Crippen LogP contribution >= 0.6 is 11.3 Å². The summed E-state index contributed by atoms with van der Waals surface area (Å²) in [5.41, 5.74) is 0.846. The molecule has 2 N–H and O–H groups in total. The highest BCUT2D eigenvalue weighted by atomic mass is 32.1. The lowest BCUT2D eigenvalue weighted by Gasteiger charge is -2.03. The summed E-state index contributed by atoms with van der Waals surface area (Å²) in [6.07, 6.45) is 0. The average molecular weight is 208 g/mol. The smallest absolute Gasteiger partial charge is 0.337 e. The monoisotopic (exact) mass is 208 g/mol. The topological polar surface area (TPSA) is 57.5 Å². The number of thiophene rings is 1. The van der Waals surface area contributed by atoms with Gasteiger partial charge in [-0.05, 0) is 30.0 Å². The summed E-state index contributed by atoms with van der Waals surface area (Å²) in [5.74, 6) is -0.785. The summed E-state index contributed by atoms with van der Waals surface area (Å²) < 4.78 is 0.626. The summed E-state index contributed by atoms with van der Waals surface area (Å²) >= 11 is 1.32. The maximum atomic E-state index is 10.9. The molecule has 0 bridgehead atoms. The summed E-state index contributed by atoms with van der Waals surface area (Å²) in [7, 11) is 0. The third kappa shape index (κ3) is 1.15. The van der Waals surface area contributed by atoms with E-state index in [1.54, 1.807) is 18.4 Å². The zero-order chi connectivity index (χ0) is 10.3. The summed E-state index contributed by atoms with van der Waals surface area (Å²) in [6, 6.07) is 3.23. The predicted octanol–water partition coefficient (Wildman–Crippen LogP) is 2.61. The van der Waals surface area contributed by atoms with E-state index in [0.29, 0.717) is 15.6 Å². The molecule has 1 aromatic heterocycles. The Morgan fingerprint density at radius 3 is 2.86 bits per heavy atom. The zero-order valence-corrected chi connectivity index (χ0v) is 8.26. The van der Waals surface area contributed by atoms with Crippen LogP contribution in [-0.2, 0) is 0 Å². The van der Waals surface area contributed by atoms with Crippen LogP contribution in [0, 0.1) is 6.92 Å². The average Bonchev–Trinajstić information content (AvgIpc) is 2.59. The molecule has 0 amide bonds. The van der Waals surface area contributed by atoms with E-state index in [4.69, 9.17) is 5.11 Å². The minimum absolute atomic E-state index is 0.172. The number of aromatic hydroxyl groups is 1. The molecular weight excluding hydrogens is 200 g/mol. The van der Waals surface area contributed by atoms with Crippen molar-refractivity contribution in [2.24, 2.45) is 0 Å². The quantitative estimate of drug-likeness (QED) is 0.757. The van der Waals surface area contributed by atoms with Crippen molar-refractivity contribution in [1.82, 2.24) is 0 Å². The van der Waals surface area contributed by atoms with Crippen molar-refractivity contribution in [2.45, 2.75) is 6.92 Å². The maximum Gasteiger partial charge on any atom is 0.337 e. The third-order valence-corrected chi connectivity index (χ3v) is 3.08. The molecule has 0 atom stereocenters. The standard InChI is InChI=1S/C10H8O3S/c1-5-4-7(10(12)13)9-6(8(5)11)2-3-14-9/h2-4,11H,1H3,(H,12,13). The van der Waals surface area contributed by atoms with Crippen molar-refractivity contribution in [3.05, 3.63) is 28.6 Å². The Morgan fingerprint density at radius 1 is 1.50 bits per heavy atom. The minimum atomic E-state index is -0.958. The first-order chi connectivity index (χ1) is 6.61. The molecule has 0 spiro atoms. The molecular formula is C10H8O3S. The Bertz CT molecular complexity index is 513. The molecule has 0 radical (unpaired) electrons. The second-order valence-corrected chi connectivity index (χ2v) is 3.97. The number of phenolic OH excluding ortho intramolecular Hbond substituents is 1. The summed E-state index contributed by atoms with van der Waals surface area (Å²) in [4.78, 5) is 10.9. The van der Waals surface area contributed by atoms with Crippen LogP contribution in [-0.4, -0.2) is 16.2 Å². The van der Waals surface area contributed by atoms with Gasteiger partial charge in [-0.15, -0.1) is 11.3 Å². The van der Waals surface area contributed by atoms with E-state index in [1.165, 1.54) is 17.4 Å². The molecule has 2 aromatic rings. The number of rotatable bonds is 1. The van der Waals surface area contributed by atoms with Gasteiger partial charge in [-0.3, -0.25) is 0 Å². The highest BCUT2D eigenvalue weighted by Gasteiger charge is 2.14. The van der Waals surface area contributed by atoms with Crippen molar-refractivity contribution < 1.29 is 15.0 Å². The van der Waals surface area contributed by atoms with Crippen LogP contribution in [0.25, 0.3) is 10.1 Å². The molecule has 4 heteroatoms. The molecule has 0 aliphatic rings. The van der Waals surface area contributed by atoms with Crippen molar-refractivity contribution in [3.8, 4) is 5.75 Å². The Hall–Kier alpha value is -1.55. The zero-order valence-electron chi connectivity index (χ0n) is 7.44. The van der Waals surface area contributed by atoms with Gasteiger partial charge in [0.25, 0.3) is 0 Å². The molecule has 14 heavy (non-hydrogen) atoms. The molecule has 0 saturated heterocycles. The van der Waals surface area contributed by atoms with Gasteiger partial charge in [0.1, 0.15) is 5.75 Å². The number of aromatic carboxylic acids is 1. The van der Waals surface area contributed by atoms with E-state index >= 15 is 0 Å². The first-order valence-electron chi connectivity index (χ1n) is 4.04. The lowest BCUT2D eigenvalue weighted by atomic mass is 10.1. The van der Waals surface area contributed by atoms with Gasteiger partial charge in [0, 0.05) is 5.39 Å². The van der Waals surface area contributed by atoms with E-state index in [9.17, 15) is 9.90 Å². The second-order valence-electron chi connectivity index (χ2n) is 3.06. The van der Waals surface area contributed by atoms with Crippen LogP contribution in [0.5, 0.6) is 5.75 Å². The van der Waals surface area contributed by atoms with Crippen molar-refractivity contribution in [2.75, 3.05) is 0 Å². The number of hydrogen-bond acceptors (Lipinski definition) is 3. The fraction of sp³-hybridized carbons (Fsp3) is 0.100. The molecule has 0 aliphatic heterocycles. The molecule has 1 aromatic carbocycles. The van der Waals surface area contributed by atoms with Gasteiger partial charge in [0.05, 0.1) is 10.3 Å². The number of fused-ring (bicyclic) bond motifs is 1. The van der Waals surface area contributed by atoms with Gasteiger partial charge in [0.2, 0.25) is 0 Å². The van der Waals surface area contributed by atoms with Crippen LogP contribution < -0.4 is 0 Å². The van der Waals surface area contributed by atoms with Gasteiger partial charge in [-0.25, -0.2) is 4.79 Å². The van der Waals surface area contributed by atoms with Gasteiger partial charge in [-0.2, -0.15) is 0 Å². The van der Waals surface area contributed by atoms with E-state index in [2.05, 4.69) is 0 Å². The van der Waals surface area contributed by atoms with Crippen LogP contribution in [0.4, 0.5) is 0 Å². The minimum Gasteiger partial charge on any atom is -0.507 e. The summed E-state index contributed by atoms with van der Waals surface area (Å²) in [5, 5.41) is 21.0. The lowest BCUT2D eigenvalue weighted by Crippen LogP contribution is -1.96. The molecule has 0 unspecified atom stereocenters. The Morgan fingerprint density at radius 2 is 2.21 bits per heavy atom. The number of phenols is 1. The fourth-order valence-electron chi connectivity index (χ4n) is 1.43. The molecule has 2 rings (SSSR count). The molecule has 0 fully saturated rings. The van der Waals surface area contributed by atoms with Gasteiger partial charge < -0.3 is 10.2 Å². The maximum absolute atomic E-state index is 10.9. The highest BCUT2D eigenvalue weighted by Crippen LogP contribution is 2.34. The molecule has 72 valence electrons. The first-order valence-corrected chi connectivity index (χ1v) is 4.92. The van der Waals surface area contributed by atoms with E-state index < -0.39 is 5.97 Å². The fourth-order valence-corrected chi connectivity index (χ4v) is 2.33. The Balaban J connectivity index is 2.91. The Labute approximate surface area is 84.2 Å². The van der Waals surface area contributed by atoms with Gasteiger partial charge in [0.15, 0.2) is 0 Å². The third-order valence-electron chi connectivity index (χ3n) is 2.13. The number of carboxylic acids is 1. The van der Waals surface area contributed by atoms with Crippen LogP contribution in [0.1, 0.15) is 15.9 Å². The van der Waals surface area contributed by atoms with Crippen molar-refractivity contribution >= 4 is 27.4 Å². The largest absolute Gasteiger partial charge is 0.507 e. The number of hydrogen-bond donors (Lipinski definition) is 2. The van der Waals surface area contributed by atoms with E-state index in [0.717, 1.165) is 0 Å². The SMILES string of the molecule is Cc1cc(C(=O)O)c2sccc2c1O. The van der Waals surface area contributed by atoms with Gasteiger partial charge >= 0.3 is 5.97 Å². The number of carboxylic acid groups (broad SMARTS) is 1. The first kappa shape index (κ1) is 9.02. The summed E-state index contributed by atoms with van der Waals surface area (Å²) in [6.45, 7) is 1.69.